The molecule has 0 aliphatic heterocycles. The van der Waals surface area contributed by atoms with Crippen LogP contribution in [0.1, 0.15) is 51.9 Å². The van der Waals surface area contributed by atoms with E-state index < -0.39 is 0 Å². The van der Waals surface area contributed by atoms with Crippen LogP contribution in [0.25, 0.3) is 0 Å². The molecule has 1 saturated carbocycles. The molecule has 0 aromatic rings. The van der Waals surface area contributed by atoms with Gasteiger partial charge in [0, 0.05) is 7.11 Å². The quantitative estimate of drug-likeness (QED) is 0.627. The maximum Gasteiger partial charge on any atom is 0.0543 e. The molecule has 0 amide bonds. The average molecular weight is 169 g/mol. The predicted molar refractivity (Wildman–Crippen MR) is 52.0 cm³/mol. The first-order chi connectivity index (χ1) is 5.83. The standard InChI is InChI=1S/C11H21O/c1-10(12-2)8-9-11-6-4-3-5-7-11/h10H,3-9H2,1-2H3. The van der Waals surface area contributed by atoms with Gasteiger partial charge in [-0.25, -0.2) is 0 Å². The highest BCUT2D eigenvalue weighted by Gasteiger charge is 2.14. The summed E-state index contributed by atoms with van der Waals surface area (Å²) in [5, 5.41) is 0. The van der Waals surface area contributed by atoms with Gasteiger partial charge < -0.3 is 4.74 Å². The Balaban J connectivity index is 2.05. The smallest absolute Gasteiger partial charge is 0.0543 e. The van der Waals surface area contributed by atoms with Gasteiger partial charge in [-0.1, -0.05) is 19.3 Å². The molecular formula is C11H21O. The Hall–Kier alpha value is -0.0400. The summed E-state index contributed by atoms with van der Waals surface area (Å²) >= 11 is 0. The van der Waals surface area contributed by atoms with Crippen molar-refractivity contribution in [3.8, 4) is 0 Å². The molecule has 0 spiro atoms. The van der Waals surface area contributed by atoms with Crippen molar-refractivity contribution in [2.24, 2.45) is 0 Å². The minimum absolute atomic E-state index is 0.444. The van der Waals surface area contributed by atoms with Crippen LogP contribution < -0.4 is 0 Å². The second kappa shape index (κ2) is 5.58. The SMILES string of the molecule is COC(C)CC[C]1CCCCC1. The van der Waals surface area contributed by atoms with E-state index in [0.717, 1.165) is 0 Å². The largest absolute Gasteiger partial charge is 0.382 e. The first-order valence-corrected chi connectivity index (χ1v) is 5.19. The van der Waals surface area contributed by atoms with E-state index in [4.69, 9.17) is 4.74 Å². The highest BCUT2D eigenvalue weighted by Crippen LogP contribution is 2.29. The van der Waals surface area contributed by atoms with E-state index in [9.17, 15) is 0 Å². The van der Waals surface area contributed by atoms with Crippen LogP contribution in [-0.2, 0) is 4.74 Å². The molecule has 1 aliphatic rings. The van der Waals surface area contributed by atoms with Crippen molar-refractivity contribution in [1.82, 2.24) is 0 Å². The fourth-order valence-corrected chi connectivity index (χ4v) is 1.83. The highest BCUT2D eigenvalue weighted by atomic mass is 16.5. The van der Waals surface area contributed by atoms with Crippen molar-refractivity contribution in [1.29, 1.82) is 0 Å². The summed E-state index contributed by atoms with van der Waals surface area (Å²) in [6.45, 7) is 2.16. The highest BCUT2D eigenvalue weighted by molar-refractivity contribution is 4.92. The van der Waals surface area contributed by atoms with Gasteiger partial charge in [0.2, 0.25) is 0 Å². The molecule has 1 fully saturated rings. The molecule has 1 unspecified atom stereocenters. The Morgan fingerprint density at radius 1 is 1.25 bits per heavy atom. The minimum Gasteiger partial charge on any atom is -0.382 e. The molecule has 1 nitrogen and oxygen atoms in total. The average Bonchev–Trinajstić information content (AvgIpc) is 2.16. The van der Waals surface area contributed by atoms with Gasteiger partial charge in [0.15, 0.2) is 0 Å². The van der Waals surface area contributed by atoms with Crippen LogP contribution in [0.4, 0.5) is 0 Å². The van der Waals surface area contributed by atoms with Crippen molar-refractivity contribution in [2.75, 3.05) is 7.11 Å². The van der Waals surface area contributed by atoms with Gasteiger partial charge in [0.25, 0.3) is 0 Å². The molecule has 0 aromatic carbocycles. The molecule has 1 rings (SSSR count). The molecule has 0 aromatic heterocycles. The van der Waals surface area contributed by atoms with E-state index in [1.54, 1.807) is 13.0 Å². The summed E-state index contributed by atoms with van der Waals surface area (Å²) in [7, 11) is 1.80. The van der Waals surface area contributed by atoms with Crippen LogP contribution in [0.15, 0.2) is 0 Å². The molecule has 1 radical (unpaired) electrons. The van der Waals surface area contributed by atoms with Gasteiger partial charge in [-0.05, 0) is 38.5 Å². The van der Waals surface area contributed by atoms with Gasteiger partial charge in [-0.3, -0.25) is 0 Å². The summed E-state index contributed by atoms with van der Waals surface area (Å²) in [6, 6.07) is 0. The lowest BCUT2D eigenvalue weighted by Gasteiger charge is -2.21. The lowest BCUT2D eigenvalue weighted by atomic mass is 9.85. The Morgan fingerprint density at radius 2 is 1.92 bits per heavy atom. The molecular weight excluding hydrogens is 148 g/mol. The topological polar surface area (TPSA) is 9.23 Å². The van der Waals surface area contributed by atoms with Gasteiger partial charge in [0.1, 0.15) is 0 Å². The summed E-state index contributed by atoms with van der Waals surface area (Å²) in [5.41, 5.74) is 0. The maximum atomic E-state index is 5.23. The summed E-state index contributed by atoms with van der Waals surface area (Å²) in [4.78, 5) is 0. The fourth-order valence-electron chi connectivity index (χ4n) is 1.83. The van der Waals surface area contributed by atoms with Crippen molar-refractivity contribution in [2.45, 2.75) is 58.0 Å². The molecule has 1 heteroatoms. The third kappa shape index (κ3) is 3.57. The molecule has 0 N–H and O–H groups in total. The third-order valence-electron chi connectivity index (χ3n) is 2.87. The second-order valence-corrected chi connectivity index (χ2v) is 3.90. The van der Waals surface area contributed by atoms with Gasteiger partial charge in [-0.2, -0.15) is 0 Å². The van der Waals surface area contributed by atoms with Crippen LogP contribution in [0, 0.1) is 5.92 Å². The van der Waals surface area contributed by atoms with E-state index in [-0.39, 0.29) is 0 Å². The zero-order valence-corrected chi connectivity index (χ0v) is 8.44. The lowest BCUT2D eigenvalue weighted by molar-refractivity contribution is 0.109. The zero-order chi connectivity index (χ0) is 8.81. The lowest BCUT2D eigenvalue weighted by Crippen LogP contribution is -2.09. The van der Waals surface area contributed by atoms with Crippen LogP contribution >= 0.6 is 0 Å². The Kier molecular flexibility index (Phi) is 4.67. The number of rotatable bonds is 4. The summed E-state index contributed by atoms with van der Waals surface area (Å²) in [5.74, 6) is 1.78. The van der Waals surface area contributed by atoms with Gasteiger partial charge >= 0.3 is 0 Å². The van der Waals surface area contributed by atoms with Crippen molar-refractivity contribution in [3.63, 3.8) is 0 Å². The molecule has 12 heavy (non-hydrogen) atoms. The van der Waals surface area contributed by atoms with E-state index in [1.165, 1.54) is 44.9 Å². The molecule has 0 heterocycles. The predicted octanol–water partition coefficient (Wildman–Crippen LogP) is 3.34. The zero-order valence-electron chi connectivity index (χ0n) is 8.44. The van der Waals surface area contributed by atoms with Crippen molar-refractivity contribution >= 4 is 0 Å². The minimum atomic E-state index is 0.444. The normalized spacial score (nSPS) is 22.5. The van der Waals surface area contributed by atoms with Gasteiger partial charge in [-0.15, -0.1) is 0 Å². The summed E-state index contributed by atoms with van der Waals surface area (Å²) in [6.07, 6.45) is 10.0. The van der Waals surface area contributed by atoms with Crippen LogP contribution in [0.3, 0.4) is 0 Å². The first kappa shape index (κ1) is 10.0. The Morgan fingerprint density at radius 3 is 2.50 bits per heavy atom. The van der Waals surface area contributed by atoms with Crippen molar-refractivity contribution in [3.05, 3.63) is 5.92 Å². The van der Waals surface area contributed by atoms with E-state index in [0.29, 0.717) is 6.10 Å². The number of hydrogen-bond acceptors (Lipinski definition) is 1. The van der Waals surface area contributed by atoms with Gasteiger partial charge in [0.05, 0.1) is 6.10 Å². The van der Waals surface area contributed by atoms with E-state index in [1.807, 2.05) is 0 Å². The maximum absolute atomic E-state index is 5.23. The van der Waals surface area contributed by atoms with Crippen LogP contribution in [0.5, 0.6) is 0 Å². The fraction of sp³-hybridized carbons (Fsp3) is 0.909. The molecule has 1 atom stereocenters. The number of hydrogen-bond donors (Lipinski definition) is 0. The number of ether oxygens (including phenoxy) is 1. The third-order valence-corrected chi connectivity index (χ3v) is 2.87. The number of methoxy groups -OCH3 is 1. The van der Waals surface area contributed by atoms with Crippen LogP contribution in [0.2, 0.25) is 0 Å². The second-order valence-electron chi connectivity index (χ2n) is 3.90. The van der Waals surface area contributed by atoms with E-state index >= 15 is 0 Å². The molecule has 0 bridgehead atoms. The summed E-state index contributed by atoms with van der Waals surface area (Å²) < 4.78 is 5.23. The van der Waals surface area contributed by atoms with Crippen LogP contribution in [-0.4, -0.2) is 13.2 Å². The monoisotopic (exact) mass is 169 g/mol. The molecule has 0 saturated heterocycles. The molecule has 1 aliphatic carbocycles. The molecule has 71 valence electrons. The first-order valence-electron chi connectivity index (χ1n) is 5.19. The Bertz CT molecular complexity index is 106. The van der Waals surface area contributed by atoms with E-state index in [2.05, 4.69) is 6.92 Å². The Labute approximate surface area is 76.5 Å². The van der Waals surface area contributed by atoms with Crippen molar-refractivity contribution < 1.29 is 4.74 Å².